The molecule has 1 N–H and O–H groups in total. The molecular weight excluding hydrogens is 172 g/mol. The Bertz CT molecular complexity index is 519. The quantitative estimate of drug-likeness (QED) is 0.499. The summed E-state index contributed by atoms with van der Waals surface area (Å²) in [6.45, 7) is 0. The summed E-state index contributed by atoms with van der Waals surface area (Å²) < 4.78 is 0. The van der Waals surface area contributed by atoms with Crippen LogP contribution in [0.4, 0.5) is 0 Å². The first kappa shape index (κ1) is 7.60. The first-order valence-corrected chi connectivity index (χ1v) is 3.52. The van der Waals surface area contributed by atoms with Gasteiger partial charge in [0.05, 0.1) is 5.36 Å². The third kappa shape index (κ3) is 1.10. The number of carbonyl (C=O) groups excluding carboxylic acids is 2. The zero-order valence-corrected chi connectivity index (χ0v) is 6.39. The van der Waals surface area contributed by atoms with E-state index in [1.54, 1.807) is 0 Å². The molecule has 0 saturated carbocycles. The van der Waals surface area contributed by atoms with Gasteiger partial charge in [-0.1, -0.05) is 6.07 Å². The minimum absolute atomic E-state index is 0.0621. The van der Waals surface area contributed by atoms with Crippen LogP contribution in [-0.4, -0.2) is 16.9 Å². The van der Waals surface area contributed by atoms with Crippen LogP contribution in [0.25, 0.3) is 0 Å². The Morgan fingerprint density at radius 2 is 1.77 bits per heavy atom. The van der Waals surface area contributed by atoms with Crippen LogP contribution in [0.5, 0.6) is 5.75 Å². The number of para-hydroxylation sites is 1. The molecule has 0 radical (unpaired) electrons. The van der Waals surface area contributed by atoms with Gasteiger partial charge in [0.1, 0.15) is 11.1 Å². The van der Waals surface area contributed by atoms with E-state index in [4.69, 9.17) is 0 Å². The number of phenolic OH excluding ortho intramolecular Hbond substituents is 1. The van der Waals surface area contributed by atoms with Crippen molar-refractivity contribution in [2.45, 2.75) is 0 Å². The van der Waals surface area contributed by atoms with Crippen molar-refractivity contribution in [2.75, 3.05) is 0 Å². The Hall–Kier alpha value is -2.04. The molecule has 1 heterocycles. The summed E-state index contributed by atoms with van der Waals surface area (Å²) in [5.41, 5.74) is 0. The molecule has 0 aromatic heterocycles. The standard InChI is InChI=1S/C8H4N2O3/c11-5-3-1-2-4-6(5)10-8(13)7(12)9-4/h1-3,11H. The first-order valence-electron chi connectivity index (χ1n) is 3.52. The SMILES string of the molecule is O=C1N=c2cccc(O)c2=NC1=O. The molecule has 0 saturated heterocycles. The molecule has 0 atom stereocenters. The van der Waals surface area contributed by atoms with Crippen molar-refractivity contribution in [3.8, 4) is 5.75 Å². The molecule has 1 aliphatic rings. The number of aromatic hydroxyl groups is 1. The van der Waals surface area contributed by atoms with Gasteiger partial charge in [-0.2, -0.15) is 4.99 Å². The lowest BCUT2D eigenvalue weighted by molar-refractivity contribution is -0.135. The summed E-state index contributed by atoms with van der Waals surface area (Å²) in [5.74, 6) is -2.01. The number of hydrogen-bond acceptors (Lipinski definition) is 3. The maximum Gasteiger partial charge on any atom is 0.338 e. The molecule has 13 heavy (non-hydrogen) atoms. The lowest BCUT2D eigenvalue weighted by Gasteiger charge is -1.97. The van der Waals surface area contributed by atoms with E-state index in [9.17, 15) is 14.7 Å². The molecule has 1 aromatic rings. The predicted octanol–water partition coefficient (Wildman–Crippen LogP) is -1.30. The molecular formula is C8H4N2O3. The van der Waals surface area contributed by atoms with E-state index in [0.29, 0.717) is 0 Å². The summed E-state index contributed by atoms with van der Waals surface area (Å²) >= 11 is 0. The molecule has 5 heteroatoms. The second kappa shape index (κ2) is 2.48. The molecule has 0 unspecified atom stereocenters. The van der Waals surface area contributed by atoms with E-state index >= 15 is 0 Å². The van der Waals surface area contributed by atoms with Gasteiger partial charge in [-0.05, 0) is 12.1 Å². The normalized spacial score (nSPS) is 14.5. The molecule has 0 spiro atoms. The summed E-state index contributed by atoms with van der Waals surface area (Å²) in [6.07, 6.45) is 0. The van der Waals surface area contributed by atoms with E-state index in [1.165, 1.54) is 18.2 Å². The van der Waals surface area contributed by atoms with E-state index in [0.717, 1.165) is 0 Å². The Balaban J connectivity index is 2.92. The number of phenols is 1. The van der Waals surface area contributed by atoms with Crippen LogP contribution in [0, 0.1) is 0 Å². The molecule has 0 aliphatic carbocycles. The van der Waals surface area contributed by atoms with Crippen LogP contribution in [0.2, 0.25) is 0 Å². The smallest absolute Gasteiger partial charge is 0.338 e. The average Bonchev–Trinajstić information content (AvgIpc) is 2.09. The lowest BCUT2D eigenvalue weighted by atomic mass is 10.3. The zero-order chi connectivity index (χ0) is 9.42. The van der Waals surface area contributed by atoms with Gasteiger partial charge in [0.15, 0.2) is 0 Å². The summed E-state index contributed by atoms with van der Waals surface area (Å²) in [5, 5.41) is 9.53. The van der Waals surface area contributed by atoms with Crippen LogP contribution in [0.15, 0.2) is 28.2 Å². The highest BCUT2D eigenvalue weighted by molar-refractivity contribution is 6.36. The second-order valence-electron chi connectivity index (χ2n) is 2.48. The van der Waals surface area contributed by atoms with E-state index in [-0.39, 0.29) is 16.5 Å². The first-order chi connectivity index (χ1) is 6.18. The van der Waals surface area contributed by atoms with Crippen LogP contribution < -0.4 is 10.7 Å². The number of carbonyl (C=O) groups is 2. The molecule has 5 nitrogen and oxygen atoms in total. The third-order valence-electron chi connectivity index (χ3n) is 1.61. The highest BCUT2D eigenvalue weighted by Gasteiger charge is 2.15. The Kier molecular flexibility index (Phi) is 1.45. The van der Waals surface area contributed by atoms with Crippen LogP contribution in [0.1, 0.15) is 0 Å². The fourth-order valence-corrected chi connectivity index (χ4v) is 1.03. The van der Waals surface area contributed by atoms with Crippen LogP contribution >= 0.6 is 0 Å². The van der Waals surface area contributed by atoms with Crippen molar-refractivity contribution in [1.82, 2.24) is 0 Å². The van der Waals surface area contributed by atoms with Gasteiger partial charge in [-0.15, -0.1) is 0 Å². The Morgan fingerprint density at radius 1 is 1.08 bits per heavy atom. The van der Waals surface area contributed by atoms with Crippen molar-refractivity contribution >= 4 is 11.8 Å². The van der Waals surface area contributed by atoms with E-state index in [2.05, 4.69) is 9.98 Å². The molecule has 1 aliphatic heterocycles. The van der Waals surface area contributed by atoms with Crippen LogP contribution in [-0.2, 0) is 9.59 Å². The Morgan fingerprint density at radius 3 is 2.54 bits per heavy atom. The fraction of sp³-hybridized carbons (Fsp3) is 0. The van der Waals surface area contributed by atoms with Crippen molar-refractivity contribution < 1.29 is 14.7 Å². The van der Waals surface area contributed by atoms with Gasteiger partial charge in [0.2, 0.25) is 0 Å². The molecule has 64 valence electrons. The number of amides is 2. The van der Waals surface area contributed by atoms with Crippen molar-refractivity contribution in [3.05, 3.63) is 28.9 Å². The van der Waals surface area contributed by atoms with Gasteiger partial charge < -0.3 is 5.11 Å². The summed E-state index contributed by atoms with van der Waals surface area (Å²) in [6, 6.07) is 4.40. The highest BCUT2D eigenvalue weighted by atomic mass is 16.3. The van der Waals surface area contributed by atoms with Crippen molar-refractivity contribution in [3.63, 3.8) is 0 Å². The molecule has 0 fully saturated rings. The molecule has 2 rings (SSSR count). The van der Waals surface area contributed by atoms with Crippen molar-refractivity contribution in [2.24, 2.45) is 9.98 Å². The number of benzene rings is 1. The maximum atomic E-state index is 10.8. The third-order valence-corrected chi connectivity index (χ3v) is 1.61. The van der Waals surface area contributed by atoms with Crippen LogP contribution in [0.3, 0.4) is 0 Å². The summed E-state index contributed by atoms with van der Waals surface area (Å²) in [7, 11) is 0. The maximum absolute atomic E-state index is 10.8. The fourth-order valence-electron chi connectivity index (χ4n) is 1.03. The number of fused-ring (bicyclic) bond motifs is 1. The highest BCUT2D eigenvalue weighted by Crippen LogP contribution is 1.96. The topological polar surface area (TPSA) is 79.1 Å². The Labute approximate surface area is 72.1 Å². The van der Waals surface area contributed by atoms with Gasteiger partial charge >= 0.3 is 11.8 Å². The lowest BCUT2D eigenvalue weighted by Crippen LogP contribution is -2.34. The minimum Gasteiger partial charge on any atom is -0.506 e. The average molecular weight is 176 g/mol. The number of rotatable bonds is 0. The number of hydrogen-bond donors (Lipinski definition) is 1. The second-order valence-corrected chi connectivity index (χ2v) is 2.48. The van der Waals surface area contributed by atoms with Gasteiger partial charge in [0, 0.05) is 0 Å². The summed E-state index contributed by atoms with van der Waals surface area (Å²) in [4.78, 5) is 28.4. The largest absolute Gasteiger partial charge is 0.506 e. The molecule has 1 aromatic carbocycles. The monoisotopic (exact) mass is 176 g/mol. The zero-order valence-electron chi connectivity index (χ0n) is 6.39. The van der Waals surface area contributed by atoms with Gasteiger partial charge in [-0.3, -0.25) is 9.59 Å². The number of nitrogens with zero attached hydrogens (tertiary/aromatic N) is 2. The van der Waals surface area contributed by atoms with E-state index < -0.39 is 11.8 Å². The minimum atomic E-state index is -0.950. The molecule has 0 bridgehead atoms. The van der Waals surface area contributed by atoms with Gasteiger partial charge in [0.25, 0.3) is 0 Å². The van der Waals surface area contributed by atoms with Gasteiger partial charge in [-0.25, -0.2) is 4.99 Å². The van der Waals surface area contributed by atoms with Crippen molar-refractivity contribution in [1.29, 1.82) is 0 Å². The van der Waals surface area contributed by atoms with E-state index in [1.807, 2.05) is 0 Å². The predicted molar refractivity (Wildman–Crippen MR) is 40.4 cm³/mol. The molecule has 2 amide bonds.